The third kappa shape index (κ3) is 4.69. The molecule has 27 heavy (non-hydrogen) atoms. The quantitative estimate of drug-likeness (QED) is 0.841. The van der Waals surface area contributed by atoms with Gasteiger partial charge in [0.05, 0.1) is 0 Å². The van der Waals surface area contributed by atoms with E-state index in [1.807, 2.05) is 30.3 Å². The fraction of sp³-hybridized carbons (Fsp3) is 0.435. The fourth-order valence-corrected chi connectivity index (χ4v) is 4.66. The van der Waals surface area contributed by atoms with E-state index < -0.39 is 0 Å². The Bertz CT molecular complexity index is 720. The van der Waals surface area contributed by atoms with Crippen LogP contribution in [0.5, 0.6) is 0 Å². The van der Waals surface area contributed by atoms with Crippen molar-refractivity contribution in [3.05, 3.63) is 71.8 Å². The van der Waals surface area contributed by atoms with Gasteiger partial charge >= 0.3 is 6.03 Å². The van der Waals surface area contributed by atoms with Gasteiger partial charge in [0.25, 0.3) is 0 Å². The van der Waals surface area contributed by atoms with Gasteiger partial charge in [0.15, 0.2) is 0 Å². The molecule has 2 aliphatic heterocycles. The lowest BCUT2D eigenvalue weighted by molar-refractivity contribution is 0.0197. The van der Waals surface area contributed by atoms with E-state index in [1.165, 1.54) is 24.8 Å². The Balaban J connectivity index is 1.31. The first-order chi connectivity index (χ1) is 13.3. The zero-order chi connectivity index (χ0) is 18.5. The molecule has 0 aromatic heterocycles. The average Bonchev–Trinajstić information content (AvgIpc) is 2.69. The van der Waals surface area contributed by atoms with Crippen LogP contribution in [0.4, 0.5) is 4.79 Å². The summed E-state index contributed by atoms with van der Waals surface area (Å²) in [5.74, 6) is 0. The molecule has 2 atom stereocenters. The molecule has 4 rings (SSSR count). The molecule has 2 aromatic rings. The third-order valence-corrected chi connectivity index (χ3v) is 5.97. The number of hydrogen-bond donors (Lipinski definition) is 2. The lowest BCUT2D eigenvalue weighted by Crippen LogP contribution is -2.57. The van der Waals surface area contributed by atoms with E-state index >= 15 is 0 Å². The standard InChI is InChI=1S/C23H29N3O/c27-23(24-16-18-8-3-1-4-9-18)25-20-14-21-12-7-13-22(15-20)26(21)17-19-10-5-2-6-11-19/h1-6,8-11,20-22H,7,12-17H2,(H2,24,25,27)/t21-,22-/m1/s1. The number of nitrogens with one attached hydrogen (secondary N) is 2. The van der Waals surface area contributed by atoms with Gasteiger partial charge in [-0.1, -0.05) is 67.1 Å². The summed E-state index contributed by atoms with van der Waals surface area (Å²) >= 11 is 0. The Kier molecular flexibility index (Phi) is 5.73. The van der Waals surface area contributed by atoms with E-state index in [2.05, 4.69) is 45.9 Å². The van der Waals surface area contributed by atoms with Crippen LogP contribution in [0.2, 0.25) is 0 Å². The van der Waals surface area contributed by atoms with Crippen LogP contribution in [0.1, 0.15) is 43.2 Å². The lowest BCUT2D eigenvalue weighted by atomic mass is 9.81. The Morgan fingerprint density at radius 3 is 2.11 bits per heavy atom. The third-order valence-electron chi connectivity index (χ3n) is 5.97. The van der Waals surface area contributed by atoms with Gasteiger partial charge < -0.3 is 10.6 Å². The van der Waals surface area contributed by atoms with Crippen molar-refractivity contribution >= 4 is 6.03 Å². The molecule has 2 fully saturated rings. The molecule has 142 valence electrons. The molecule has 0 spiro atoms. The van der Waals surface area contributed by atoms with Crippen molar-refractivity contribution in [2.24, 2.45) is 0 Å². The van der Waals surface area contributed by atoms with Gasteiger partial charge in [-0.2, -0.15) is 0 Å². The number of amides is 2. The van der Waals surface area contributed by atoms with Crippen LogP contribution in [-0.2, 0) is 13.1 Å². The monoisotopic (exact) mass is 363 g/mol. The molecule has 4 heteroatoms. The first-order valence-corrected chi connectivity index (χ1v) is 10.2. The topological polar surface area (TPSA) is 44.4 Å². The Morgan fingerprint density at radius 2 is 1.48 bits per heavy atom. The van der Waals surface area contributed by atoms with Crippen LogP contribution in [0.25, 0.3) is 0 Å². The predicted octanol–water partition coefficient (Wildman–Crippen LogP) is 4.07. The van der Waals surface area contributed by atoms with Gasteiger partial charge in [-0.25, -0.2) is 4.79 Å². The second-order valence-corrected chi connectivity index (χ2v) is 7.88. The average molecular weight is 364 g/mol. The van der Waals surface area contributed by atoms with Crippen molar-refractivity contribution in [3.8, 4) is 0 Å². The highest BCUT2D eigenvalue weighted by Gasteiger charge is 2.38. The minimum absolute atomic E-state index is 0.0431. The summed E-state index contributed by atoms with van der Waals surface area (Å²) in [4.78, 5) is 15.0. The van der Waals surface area contributed by atoms with E-state index in [0.717, 1.165) is 24.9 Å². The van der Waals surface area contributed by atoms with Crippen molar-refractivity contribution < 1.29 is 4.79 Å². The molecule has 2 saturated heterocycles. The molecule has 0 unspecified atom stereocenters. The lowest BCUT2D eigenvalue weighted by Gasteiger charge is -2.49. The number of fused-ring (bicyclic) bond motifs is 2. The van der Waals surface area contributed by atoms with Crippen LogP contribution in [-0.4, -0.2) is 29.1 Å². The SMILES string of the molecule is O=C(NCc1ccccc1)NC1C[C@H]2CCC[C@H](C1)N2Cc1ccccc1. The number of benzene rings is 2. The zero-order valence-corrected chi connectivity index (χ0v) is 15.8. The highest BCUT2D eigenvalue weighted by molar-refractivity contribution is 5.74. The summed E-state index contributed by atoms with van der Waals surface area (Å²) in [6.45, 7) is 1.61. The van der Waals surface area contributed by atoms with Crippen LogP contribution >= 0.6 is 0 Å². The van der Waals surface area contributed by atoms with Crippen molar-refractivity contribution in [1.29, 1.82) is 0 Å². The molecule has 2 bridgehead atoms. The van der Waals surface area contributed by atoms with Gasteiger partial charge in [0.2, 0.25) is 0 Å². The number of nitrogens with zero attached hydrogens (tertiary/aromatic N) is 1. The van der Waals surface area contributed by atoms with Crippen molar-refractivity contribution in [2.75, 3.05) is 0 Å². The Hall–Kier alpha value is -2.33. The highest BCUT2D eigenvalue weighted by atomic mass is 16.2. The van der Waals surface area contributed by atoms with E-state index in [1.54, 1.807) is 0 Å². The molecule has 0 radical (unpaired) electrons. The summed E-state index contributed by atoms with van der Waals surface area (Å²) in [6.07, 6.45) is 5.91. The Morgan fingerprint density at radius 1 is 0.889 bits per heavy atom. The number of carbonyl (C=O) groups excluding carboxylic acids is 1. The summed E-state index contributed by atoms with van der Waals surface area (Å²) in [7, 11) is 0. The summed E-state index contributed by atoms with van der Waals surface area (Å²) in [5.41, 5.74) is 2.52. The number of rotatable bonds is 5. The van der Waals surface area contributed by atoms with Crippen LogP contribution in [0.3, 0.4) is 0 Å². The van der Waals surface area contributed by atoms with E-state index in [0.29, 0.717) is 18.6 Å². The van der Waals surface area contributed by atoms with Gasteiger partial charge in [0, 0.05) is 31.2 Å². The summed E-state index contributed by atoms with van der Waals surface area (Å²) in [6, 6.07) is 22.2. The van der Waals surface area contributed by atoms with Gasteiger partial charge in [0.1, 0.15) is 0 Å². The Labute approximate surface area is 162 Å². The van der Waals surface area contributed by atoms with Gasteiger partial charge in [-0.05, 0) is 36.8 Å². The molecule has 2 aromatic carbocycles. The molecule has 2 amide bonds. The molecule has 0 aliphatic carbocycles. The van der Waals surface area contributed by atoms with Crippen molar-refractivity contribution in [2.45, 2.75) is 63.3 Å². The smallest absolute Gasteiger partial charge is 0.315 e. The van der Waals surface area contributed by atoms with Gasteiger partial charge in [-0.3, -0.25) is 4.90 Å². The second kappa shape index (κ2) is 8.57. The fourth-order valence-electron chi connectivity index (χ4n) is 4.66. The van der Waals surface area contributed by atoms with E-state index in [4.69, 9.17) is 0 Å². The number of piperidine rings is 2. The molecule has 0 saturated carbocycles. The molecular formula is C23H29N3O. The molecule has 2 N–H and O–H groups in total. The maximum Gasteiger partial charge on any atom is 0.315 e. The molecular weight excluding hydrogens is 334 g/mol. The number of carbonyl (C=O) groups is 1. The van der Waals surface area contributed by atoms with Crippen LogP contribution < -0.4 is 10.6 Å². The second-order valence-electron chi connectivity index (χ2n) is 7.88. The molecule has 2 heterocycles. The predicted molar refractivity (Wildman–Crippen MR) is 108 cm³/mol. The maximum absolute atomic E-state index is 12.3. The zero-order valence-electron chi connectivity index (χ0n) is 15.8. The largest absolute Gasteiger partial charge is 0.335 e. The summed E-state index contributed by atoms with van der Waals surface area (Å²) in [5, 5.41) is 6.22. The normalized spacial score (nSPS) is 25.0. The van der Waals surface area contributed by atoms with E-state index in [9.17, 15) is 4.79 Å². The van der Waals surface area contributed by atoms with Crippen molar-refractivity contribution in [1.82, 2.24) is 15.5 Å². The number of urea groups is 1. The highest BCUT2D eigenvalue weighted by Crippen LogP contribution is 2.35. The minimum atomic E-state index is -0.0431. The maximum atomic E-state index is 12.3. The first-order valence-electron chi connectivity index (χ1n) is 10.2. The van der Waals surface area contributed by atoms with Crippen LogP contribution in [0, 0.1) is 0 Å². The van der Waals surface area contributed by atoms with Gasteiger partial charge in [-0.15, -0.1) is 0 Å². The minimum Gasteiger partial charge on any atom is -0.335 e. The molecule has 4 nitrogen and oxygen atoms in total. The molecule has 2 aliphatic rings. The first kappa shape index (κ1) is 18.1. The number of hydrogen-bond acceptors (Lipinski definition) is 2. The van der Waals surface area contributed by atoms with Crippen LogP contribution in [0.15, 0.2) is 60.7 Å². The summed E-state index contributed by atoms with van der Waals surface area (Å²) < 4.78 is 0. The van der Waals surface area contributed by atoms with E-state index in [-0.39, 0.29) is 12.1 Å². The van der Waals surface area contributed by atoms with Crippen molar-refractivity contribution in [3.63, 3.8) is 0 Å².